The number of Topliss-reactive ketones (excluding diaryl/α,β-unsaturated/α-hetero) is 1. The van der Waals surface area contributed by atoms with E-state index in [0.29, 0.717) is 11.4 Å². The Kier molecular flexibility index (Phi) is 4.43. The Hall–Kier alpha value is -3.00. The lowest BCUT2D eigenvalue weighted by Gasteiger charge is -2.29. The molecular weight excluding hydrogens is 370 g/mol. The molecule has 2 aliphatic rings. The summed E-state index contributed by atoms with van der Waals surface area (Å²) in [5.74, 6) is -1.40. The highest BCUT2D eigenvalue weighted by molar-refractivity contribution is 6.06. The number of hydrogen-bond donors (Lipinski definition) is 3. The van der Waals surface area contributed by atoms with Crippen LogP contribution in [-0.2, 0) is 9.59 Å². The van der Waals surface area contributed by atoms with Gasteiger partial charge in [0, 0.05) is 11.6 Å². The third kappa shape index (κ3) is 2.95. The zero-order valence-electron chi connectivity index (χ0n) is 15.9. The van der Waals surface area contributed by atoms with Crippen molar-refractivity contribution in [3.63, 3.8) is 0 Å². The quantitative estimate of drug-likeness (QED) is 0.630. The molecule has 0 bridgehead atoms. The maximum absolute atomic E-state index is 13.4. The molecule has 0 radical (unpaired) electrons. The van der Waals surface area contributed by atoms with Gasteiger partial charge in [-0.2, -0.15) is 0 Å². The van der Waals surface area contributed by atoms with Crippen LogP contribution in [0.25, 0.3) is 11.0 Å². The Morgan fingerprint density at radius 1 is 1.14 bits per heavy atom. The van der Waals surface area contributed by atoms with Crippen LogP contribution in [0.4, 0.5) is 5.69 Å². The summed E-state index contributed by atoms with van der Waals surface area (Å²) >= 11 is 0. The molecule has 29 heavy (non-hydrogen) atoms. The van der Waals surface area contributed by atoms with E-state index in [0.717, 1.165) is 43.1 Å². The molecule has 1 aliphatic carbocycles. The highest BCUT2D eigenvalue weighted by Gasteiger charge is 2.53. The van der Waals surface area contributed by atoms with Crippen LogP contribution in [0, 0.1) is 11.8 Å². The summed E-state index contributed by atoms with van der Waals surface area (Å²) in [5.41, 5.74) is 2.84. The largest absolute Gasteiger partial charge is 0.382 e. The fraction of sp³-hybridized carbons (Fsp3) is 0.429. The van der Waals surface area contributed by atoms with E-state index in [1.54, 1.807) is 18.6 Å². The van der Waals surface area contributed by atoms with Crippen molar-refractivity contribution in [2.45, 2.75) is 44.2 Å². The summed E-state index contributed by atoms with van der Waals surface area (Å²) in [6.45, 7) is 0. The van der Waals surface area contributed by atoms with Gasteiger partial charge in [0.15, 0.2) is 0 Å². The third-order valence-electron chi connectivity index (χ3n) is 6.31. The van der Waals surface area contributed by atoms with E-state index >= 15 is 0 Å². The first-order valence-corrected chi connectivity index (χ1v) is 10.1. The molecule has 3 heterocycles. The molecule has 2 aromatic heterocycles. The van der Waals surface area contributed by atoms with Gasteiger partial charge < -0.3 is 20.0 Å². The van der Waals surface area contributed by atoms with E-state index in [-0.39, 0.29) is 11.7 Å². The van der Waals surface area contributed by atoms with Crippen LogP contribution in [0.5, 0.6) is 0 Å². The number of anilines is 1. The van der Waals surface area contributed by atoms with E-state index in [1.807, 2.05) is 12.1 Å². The predicted molar refractivity (Wildman–Crippen MR) is 106 cm³/mol. The number of benzene rings is 1. The van der Waals surface area contributed by atoms with Crippen molar-refractivity contribution >= 4 is 28.4 Å². The molecule has 8 heteroatoms. The third-order valence-corrected chi connectivity index (χ3v) is 6.31. The Morgan fingerprint density at radius 3 is 2.72 bits per heavy atom. The summed E-state index contributed by atoms with van der Waals surface area (Å²) in [6.07, 6.45) is 8.20. The van der Waals surface area contributed by atoms with Gasteiger partial charge in [-0.3, -0.25) is 9.59 Å². The molecule has 8 nitrogen and oxygen atoms in total. The van der Waals surface area contributed by atoms with Crippen molar-refractivity contribution in [1.82, 2.24) is 19.9 Å². The van der Waals surface area contributed by atoms with Crippen molar-refractivity contribution in [3.8, 4) is 0 Å². The van der Waals surface area contributed by atoms with Crippen molar-refractivity contribution in [2.75, 3.05) is 4.90 Å². The Labute approximate surface area is 167 Å². The van der Waals surface area contributed by atoms with Crippen LogP contribution < -0.4 is 4.90 Å². The number of nitrogens with one attached hydrogen (secondary N) is 2. The molecule has 150 valence electrons. The SMILES string of the molecule is O=C(C1CCCCC1)C1C(O)C(=O)N(c2ccc3nc[nH]c3c2)C1c1cnc[nH]1. The minimum Gasteiger partial charge on any atom is -0.382 e. The number of nitrogens with zero attached hydrogens (tertiary/aromatic N) is 3. The number of hydrogen-bond acceptors (Lipinski definition) is 5. The second-order valence-electron chi connectivity index (χ2n) is 7.97. The first-order valence-electron chi connectivity index (χ1n) is 10.1. The van der Waals surface area contributed by atoms with Crippen molar-refractivity contribution in [3.05, 3.63) is 42.7 Å². The number of amides is 1. The topological polar surface area (TPSA) is 115 Å². The minimum absolute atomic E-state index is 0.0183. The van der Waals surface area contributed by atoms with E-state index in [2.05, 4.69) is 19.9 Å². The number of ketones is 1. The lowest BCUT2D eigenvalue weighted by atomic mass is 9.78. The molecule has 2 fully saturated rings. The van der Waals surface area contributed by atoms with Crippen LogP contribution in [0.15, 0.2) is 37.1 Å². The molecule has 0 spiro atoms. The highest BCUT2D eigenvalue weighted by atomic mass is 16.3. The average molecular weight is 393 g/mol. The molecule has 3 aromatic rings. The van der Waals surface area contributed by atoms with Crippen molar-refractivity contribution < 1.29 is 14.7 Å². The molecule has 1 saturated carbocycles. The highest BCUT2D eigenvalue weighted by Crippen LogP contribution is 2.44. The standard InChI is InChI=1S/C21H23N5O3/c27-19(12-4-2-1-3-5-12)17-18(16-9-22-10-23-16)26(21(29)20(17)28)13-6-7-14-15(8-13)25-11-24-14/h6-12,17-18,20,28H,1-5H2,(H,22,23)(H,24,25). The zero-order valence-corrected chi connectivity index (χ0v) is 15.9. The molecule has 1 aliphatic heterocycles. The molecule has 3 unspecified atom stereocenters. The van der Waals surface area contributed by atoms with Crippen LogP contribution in [-0.4, -0.2) is 42.8 Å². The molecule has 1 aromatic carbocycles. The van der Waals surface area contributed by atoms with E-state index in [9.17, 15) is 14.7 Å². The number of imidazole rings is 2. The summed E-state index contributed by atoms with van der Waals surface area (Å²) in [5, 5.41) is 10.9. The summed E-state index contributed by atoms with van der Waals surface area (Å²) in [7, 11) is 0. The smallest absolute Gasteiger partial charge is 0.257 e. The molecular formula is C21H23N5O3. The van der Waals surface area contributed by atoms with Crippen LogP contribution in [0.3, 0.4) is 0 Å². The number of aliphatic hydroxyl groups is 1. The van der Waals surface area contributed by atoms with Gasteiger partial charge in [-0.05, 0) is 31.0 Å². The number of rotatable bonds is 4. The summed E-state index contributed by atoms with van der Waals surface area (Å²) < 4.78 is 0. The maximum Gasteiger partial charge on any atom is 0.257 e. The minimum atomic E-state index is -1.37. The van der Waals surface area contributed by atoms with Crippen LogP contribution >= 0.6 is 0 Å². The van der Waals surface area contributed by atoms with Crippen LogP contribution in [0.2, 0.25) is 0 Å². The van der Waals surface area contributed by atoms with Crippen molar-refractivity contribution in [1.29, 1.82) is 0 Å². The summed E-state index contributed by atoms with van der Waals surface area (Å²) in [6, 6.07) is 4.82. The normalized spacial score (nSPS) is 25.8. The van der Waals surface area contributed by atoms with Gasteiger partial charge in [0.05, 0.1) is 47.5 Å². The number of aromatic amines is 2. The number of aromatic nitrogens is 4. The van der Waals surface area contributed by atoms with Gasteiger partial charge in [0.1, 0.15) is 11.9 Å². The van der Waals surface area contributed by atoms with Gasteiger partial charge in [-0.15, -0.1) is 0 Å². The van der Waals surface area contributed by atoms with Gasteiger partial charge in [0.2, 0.25) is 0 Å². The zero-order chi connectivity index (χ0) is 20.0. The van der Waals surface area contributed by atoms with E-state index in [4.69, 9.17) is 0 Å². The second-order valence-corrected chi connectivity index (χ2v) is 7.97. The van der Waals surface area contributed by atoms with Gasteiger partial charge in [-0.25, -0.2) is 9.97 Å². The molecule has 3 atom stereocenters. The lowest BCUT2D eigenvalue weighted by molar-refractivity contribution is -0.135. The van der Waals surface area contributed by atoms with Crippen LogP contribution in [0.1, 0.15) is 43.8 Å². The molecule has 1 saturated heterocycles. The van der Waals surface area contributed by atoms with Crippen molar-refractivity contribution in [2.24, 2.45) is 11.8 Å². The Bertz CT molecular complexity index is 1040. The maximum atomic E-state index is 13.4. The first-order chi connectivity index (χ1) is 14.1. The Morgan fingerprint density at radius 2 is 1.97 bits per heavy atom. The van der Waals surface area contributed by atoms with Gasteiger partial charge in [-0.1, -0.05) is 19.3 Å². The molecule has 5 rings (SSSR count). The first kappa shape index (κ1) is 18.1. The van der Waals surface area contributed by atoms with Gasteiger partial charge >= 0.3 is 0 Å². The fourth-order valence-electron chi connectivity index (χ4n) is 4.86. The Balaban J connectivity index is 1.58. The lowest BCUT2D eigenvalue weighted by Crippen LogP contribution is -2.35. The fourth-order valence-corrected chi connectivity index (χ4v) is 4.86. The van der Waals surface area contributed by atoms with E-state index in [1.165, 1.54) is 11.2 Å². The van der Waals surface area contributed by atoms with Gasteiger partial charge in [0.25, 0.3) is 5.91 Å². The predicted octanol–water partition coefficient (Wildman–Crippen LogP) is 2.50. The molecule has 3 N–H and O–H groups in total. The number of fused-ring (bicyclic) bond motifs is 1. The monoisotopic (exact) mass is 393 g/mol. The number of carbonyl (C=O) groups excluding carboxylic acids is 2. The number of aliphatic hydroxyl groups excluding tert-OH is 1. The average Bonchev–Trinajstić information content (AvgIpc) is 3.48. The number of carbonyl (C=O) groups is 2. The summed E-state index contributed by atoms with van der Waals surface area (Å²) in [4.78, 5) is 42.5. The number of H-pyrrole nitrogens is 2. The second kappa shape index (κ2) is 7.11. The van der Waals surface area contributed by atoms with E-state index < -0.39 is 24.0 Å². The molecule has 1 amide bonds.